The largest absolute Gasteiger partial charge is 0.508 e. The second kappa shape index (κ2) is 7.13. The molecule has 2 heterocycles. The molecule has 2 aromatic rings. The van der Waals surface area contributed by atoms with Gasteiger partial charge in [0.2, 0.25) is 0 Å². The molecule has 1 saturated heterocycles. The predicted molar refractivity (Wildman–Crippen MR) is 103 cm³/mol. The first-order valence-electron chi connectivity index (χ1n) is 8.34. The van der Waals surface area contributed by atoms with Gasteiger partial charge in [0.05, 0.1) is 0 Å². The molecule has 0 radical (unpaired) electrons. The van der Waals surface area contributed by atoms with Crippen LogP contribution in [0.15, 0.2) is 48.2 Å². The molecule has 7 heteroatoms. The summed E-state index contributed by atoms with van der Waals surface area (Å²) in [7, 11) is 0. The summed E-state index contributed by atoms with van der Waals surface area (Å²) < 4.78 is 1.84. The highest BCUT2D eigenvalue weighted by Gasteiger charge is 2.37. The van der Waals surface area contributed by atoms with Crippen LogP contribution in [-0.2, 0) is 9.59 Å². The Morgan fingerprint density at radius 3 is 2.12 bits per heavy atom. The van der Waals surface area contributed by atoms with Crippen molar-refractivity contribution in [2.75, 3.05) is 13.1 Å². The lowest BCUT2D eigenvalue weighted by molar-refractivity contribution is -0.133. The number of benzene rings is 1. The van der Waals surface area contributed by atoms with Crippen LogP contribution in [0, 0.1) is 0 Å². The predicted octanol–water partition coefficient (Wildman–Crippen LogP) is 2.56. The first-order valence-corrected chi connectivity index (χ1v) is 8.74. The zero-order valence-corrected chi connectivity index (χ0v) is 15.4. The summed E-state index contributed by atoms with van der Waals surface area (Å²) in [5.74, 6) is -0.597. The Bertz CT molecular complexity index is 871. The molecule has 0 atom stereocenters. The Balaban J connectivity index is 2.05. The van der Waals surface area contributed by atoms with Gasteiger partial charge in [-0.1, -0.05) is 0 Å². The zero-order valence-electron chi connectivity index (χ0n) is 14.5. The third-order valence-corrected chi connectivity index (χ3v) is 4.69. The molecule has 26 heavy (non-hydrogen) atoms. The van der Waals surface area contributed by atoms with Crippen molar-refractivity contribution in [3.05, 3.63) is 53.9 Å². The van der Waals surface area contributed by atoms with Crippen LogP contribution in [0.3, 0.4) is 0 Å². The normalized spacial score (nSPS) is 15.0. The number of hydrogen-bond donors (Lipinski definition) is 1. The third kappa shape index (κ3) is 3.01. The van der Waals surface area contributed by atoms with Crippen molar-refractivity contribution < 1.29 is 14.7 Å². The molecule has 0 saturated carbocycles. The molecule has 1 aromatic carbocycles. The zero-order chi connectivity index (χ0) is 18.8. The lowest BCUT2D eigenvalue weighted by Crippen LogP contribution is -2.55. The lowest BCUT2D eigenvalue weighted by Gasteiger charge is -2.35. The number of amides is 2. The van der Waals surface area contributed by atoms with Crippen molar-refractivity contribution in [2.45, 2.75) is 13.8 Å². The van der Waals surface area contributed by atoms with Crippen LogP contribution < -0.4 is 0 Å². The number of thiocarbonyl (C=S) groups is 1. The Morgan fingerprint density at radius 1 is 1.00 bits per heavy atom. The minimum atomic E-state index is -0.384. The molecular formula is C19H19N3O3S. The highest BCUT2D eigenvalue weighted by atomic mass is 32.1. The summed E-state index contributed by atoms with van der Waals surface area (Å²) in [5.41, 5.74) is 1.58. The number of aromatic hydroxyl groups is 1. The first-order chi connectivity index (χ1) is 12.5. The van der Waals surface area contributed by atoms with E-state index in [0.717, 1.165) is 5.69 Å². The fourth-order valence-corrected chi connectivity index (χ4v) is 3.31. The fourth-order valence-electron chi connectivity index (χ4n) is 2.89. The maximum atomic E-state index is 12.7. The van der Waals surface area contributed by atoms with Gasteiger partial charge in [0.25, 0.3) is 11.8 Å². The molecule has 6 nitrogen and oxygen atoms in total. The van der Waals surface area contributed by atoms with Gasteiger partial charge in [-0.2, -0.15) is 0 Å². The molecule has 0 unspecified atom stereocenters. The Kier molecular flexibility index (Phi) is 4.90. The second-order valence-electron chi connectivity index (χ2n) is 5.76. The molecule has 1 fully saturated rings. The topological polar surface area (TPSA) is 65.8 Å². The first kappa shape index (κ1) is 17.9. The maximum absolute atomic E-state index is 12.7. The van der Waals surface area contributed by atoms with Crippen LogP contribution in [0.5, 0.6) is 5.75 Å². The average Bonchev–Trinajstić information content (AvgIpc) is 3.08. The quantitative estimate of drug-likeness (QED) is 0.511. The lowest BCUT2D eigenvalue weighted by atomic mass is 10.1. The van der Waals surface area contributed by atoms with Crippen LogP contribution >= 0.6 is 12.2 Å². The van der Waals surface area contributed by atoms with E-state index in [1.54, 1.807) is 30.3 Å². The number of carbonyl (C=O) groups is 2. The molecule has 1 aliphatic rings. The van der Waals surface area contributed by atoms with Crippen molar-refractivity contribution in [1.29, 1.82) is 0 Å². The summed E-state index contributed by atoms with van der Waals surface area (Å²) in [5, 5.41) is 9.70. The number of carbonyl (C=O) groups excluding carboxylic acids is 2. The number of nitrogens with zero attached hydrogens (tertiary/aromatic N) is 3. The Hall–Kier alpha value is -2.93. The number of rotatable bonds is 4. The van der Waals surface area contributed by atoms with Gasteiger partial charge in [-0.25, -0.2) is 0 Å². The van der Waals surface area contributed by atoms with Crippen LogP contribution in [0.4, 0.5) is 0 Å². The summed E-state index contributed by atoms with van der Waals surface area (Å²) in [6, 6.07) is 10.3. The van der Waals surface area contributed by atoms with Crippen LogP contribution in [-0.4, -0.2) is 49.5 Å². The molecule has 3 rings (SSSR count). The molecule has 0 bridgehead atoms. The van der Waals surface area contributed by atoms with Gasteiger partial charge in [-0.3, -0.25) is 19.4 Å². The Labute approximate surface area is 156 Å². The third-order valence-electron chi connectivity index (χ3n) is 4.25. The SMILES string of the molecule is CCN1C(=O)C(=Cc2cccn2-c2ccc(O)cc2)C(=O)N(CC)C1=S. The highest BCUT2D eigenvalue weighted by molar-refractivity contribution is 7.80. The number of phenolic OH excluding ortho intramolecular Hbond substituents is 1. The molecule has 1 aromatic heterocycles. The van der Waals surface area contributed by atoms with Crippen LogP contribution in [0.1, 0.15) is 19.5 Å². The monoisotopic (exact) mass is 369 g/mol. The van der Waals surface area contributed by atoms with Crippen molar-refractivity contribution in [2.24, 2.45) is 0 Å². The van der Waals surface area contributed by atoms with Crippen molar-refractivity contribution >= 4 is 35.2 Å². The summed E-state index contributed by atoms with van der Waals surface area (Å²) in [6.07, 6.45) is 3.42. The van der Waals surface area contributed by atoms with Crippen LogP contribution in [0.2, 0.25) is 0 Å². The summed E-state index contributed by atoms with van der Waals surface area (Å²) >= 11 is 5.27. The van der Waals surface area contributed by atoms with Gasteiger partial charge in [-0.05, 0) is 68.5 Å². The van der Waals surface area contributed by atoms with E-state index in [2.05, 4.69) is 0 Å². The van der Waals surface area contributed by atoms with Crippen molar-refractivity contribution in [3.8, 4) is 11.4 Å². The minimum Gasteiger partial charge on any atom is -0.508 e. The van der Waals surface area contributed by atoms with Gasteiger partial charge in [0.15, 0.2) is 5.11 Å². The van der Waals surface area contributed by atoms with E-state index < -0.39 is 0 Å². The van der Waals surface area contributed by atoms with Gasteiger partial charge in [-0.15, -0.1) is 0 Å². The molecule has 2 amide bonds. The summed E-state index contributed by atoms with van der Waals surface area (Å²) in [4.78, 5) is 28.3. The van der Waals surface area contributed by atoms with E-state index in [1.165, 1.54) is 9.80 Å². The number of hydrogen-bond acceptors (Lipinski definition) is 4. The molecule has 1 N–H and O–H groups in total. The molecule has 134 valence electrons. The van der Waals surface area contributed by atoms with Gasteiger partial charge in [0.1, 0.15) is 11.3 Å². The van der Waals surface area contributed by atoms with Crippen molar-refractivity contribution in [1.82, 2.24) is 14.4 Å². The van der Waals surface area contributed by atoms with E-state index in [1.807, 2.05) is 36.7 Å². The molecule has 1 aliphatic heterocycles. The second-order valence-corrected chi connectivity index (χ2v) is 6.12. The number of aromatic nitrogens is 1. The van der Waals surface area contributed by atoms with Crippen LogP contribution in [0.25, 0.3) is 11.8 Å². The average molecular weight is 369 g/mol. The standard InChI is InChI=1S/C19H19N3O3S/c1-3-20-17(24)16(18(25)21(4-2)19(20)26)12-14-6-5-11-22(14)13-7-9-15(23)10-8-13/h5-12,23H,3-4H2,1-2H3. The fraction of sp³-hybridized carbons (Fsp3) is 0.211. The molecule has 0 spiro atoms. The number of phenols is 1. The Morgan fingerprint density at radius 2 is 1.58 bits per heavy atom. The number of likely N-dealkylation sites (N-methyl/N-ethyl adjacent to an activating group) is 2. The van der Waals surface area contributed by atoms with E-state index in [4.69, 9.17) is 12.2 Å². The molecule has 0 aliphatic carbocycles. The van der Waals surface area contributed by atoms with E-state index >= 15 is 0 Å². The smallest absolute Gasteiger partial charge is 0.265 e. The van der Waals surface area contributed by atoms with Crippen molar-refractivity contribution in [3.63, 3.8) is 0 Å². The van der Waals surface area contributed by atoms with E-state index in [-0.39, 0.29) is 28.2 Å². The van der Waals surface area contributed by atoms with E-state index in [9.17, 15) is 14.7 Å². The van der Waals surface area contributed by atoms with Gasteiger partial charge in [0, 0.05) is 30.7 Å². The maximum Gasteiger partial charge on any atom is 0.265 e. The minimum absolute atomic E-state index is 0.0843. The van der Waals surface area contributed by atoms with Gasteiger partial charge < -0.3 is 9.67 Å². The van der Waals surface area contributed by atoms with E-state index in [0.29, 0.717) is 18.8 Å². The van der Waals surface area contributed by atoms with Gasteiger partial charge >= 0.3 is 0 Å². The molecular weight excluding hydrogens is 350 g/mol. The highest BCUT2D eigenvalue weighted by Crippen LogP contribution is 2.22. The summed E-state index contributed by atoms with van der Waals surface area (Å²) in [6.45, 7) is 4.45.